The van der Waals surface area contributed by atoms with Gasteiger partial charge in [-0.05, 0) is 62.9 Å². The number of carbonyl (C=O) groups excluding carboxylic acids is 1. The standard InChI is InChI=1S/C23H30N6O2/c1-14-10-15(2)22-19(11-14)29(12-18-20(30)5-4-16(3)25-18)23(27-22)26-17-6-8-28(9-7-17)13-21(24)31/h4-5,10-11,17,30H,6-9,12-13H2,1-3H3,(H2,24,31)(H,26,27). The highest BCUT2D eigenvalue weighted by Gasteiger charge is 2.23. The molecule has 0 saturated carbocycles. The van der Waals surface area contributed by atoms with Crippen molar-refractivity contribution in [3.05, 3.63) is 46.8 Å². The molecule has 31 heavy (non-hydrogen) atoms. The predicted molar refractivity (Wildman–Crippen MR) is 121 cm³/mol. The van der Waals surface area contributed by atoms with Crippen molar-refractivity contribution in [2.45, 2.75) is 46.2 Å². The molecule has 1 aromatic carbocycles. The summed E-state index contributed by atoms with van der Waals surface area (Å²) in [6.45, 7) is 8.44. The number of imidazole rings is 1. The van der Waals surface area contributed by atoms with Gasteiger partial charge in [-0.25, -0.2) is 4.98 Å². The number of likely N-dealkylation sites (tertiary alicyclic amines) is 1. The van der Waals surface area contributed by atoms with Gasteiger partial charge >= 0.3 is 0 Å². The van der Waals surface area contributed by atoms with Crippen molar-refractivity contribution >= 4 is 22.9 Å². The Morgan fingerprint density at radius 1 is 1.19 bits per heavy atom. The second kappa shape index (κ2) is 8.55. The topological polar surface area (TPSA) is 109 Å². The van der Waals surface area contributed by atoms with E-state index in [2.05, 4.69) is 45.7 Å². The first-order chi connectivity index (χ1) is 14.8. The number of aromatic nitrogens is 3. The molecule has 0 spiro atoms. The summed E-state index contributed by atoms with van der Waals surface area (Å²) in [6, 6.07) is 8.00. The van der Waals surface area contributed by atoms with E-state index in [1.54, 1.807) is 12.1 Å². The summed E-state index contributed by atoms with van der Waals surface area (Å²) in [5, 5.41) is 14.0. The highest BCUT2D eigenvalue weighted by atomic mass is 16.3. The summed E-state index contributed by atoms with van der Waals surface area (Å²) in [6.07, 6.45) is 1.81. The summed E-state index contributed by atoms with van der Waals surface area (Å²) >= 11 is 0. The molecule has 2 aromatic heterocycles. The third-order valence-corrected chi connectivity index (χ3v) is 5.89. The van der Waals surface area contributed by atoms with Gasteiger partial charge in [-0.15, -0.1) is 0 Å². The lowest BCUT2D eigenvalue weighted by molar-refractivity contribution is -0.119. The maximum Gasteiger partial charge on any atom is 0.231 e. The van der Waals surface area contributed by atoms with Gasteiger partial charge in [-0.3, -0.25) is 14.7 Å². The van der Waals surface area contributed by atoms with Crippen molar-refractivity contribution in [1.29, 1.82) is 0 Å². The molecule has 1 saturated heterocycles. The van der Waals surface area contributed by atoms with Gasteiger partial charge in [-0.1, -0.05) is 6.07 Å². The van der Waals surface area contributed by atoms with Gasteiger partial charge in [0.15, 0.2) is 0 Å². The molecular weight excluding hydrogens is 392 g/mol. The van der Waals surface area contributed by atoms with Gasteiger partial charge < -0.3 is 20.7 Å². The van der Waals surface area contributed by atoms with Crippen LogP contribution in [0.25, 0.3) is 11.0 Å². The van der Waals surface area contributed by atoms with Crippen molar-refractivity contribution < 1.29 is 9.90 Å². The third kappa shape index (κ3) is 4.64. The van der Waals surface area contributed by atoms with Crippen LogP contribution in [0, 0.1) is 20.8 Å². The van der Waals surface area contributed by atoms with Crippen LogP contribution in [0.5, 0.6) is 5.75 Å². The summed E-state index contributed by atoms with van der Waals surface area (Å²) in [4.78, 5) is 22.7. The zero-order chi connectivity index (χ0) is 22.1. The Hall–Kier alpha value is -3.13. The largest absolute Gasteiger partial charge is 0.506 e. The average molecular weight is 423 g/mol. The van der Waals surface area contributed by atoms with E-state index in [1.165, 1.54) is 5.56 Å². The number of amides is 1. The van der Waals surface area contributed by atoms with Crippen LogP contribution in [0.4, 0.5) is 5.95 Å². The molecule has 3 aromatic rings. The second-order valence-electron chi connectivity index (χ2n) is 8.55. The smallest absolute Gasteiger partial charge is 0.231 e. The SMILES string of the molecule is Cc1cc(C)c2nc(NC3CCN(CC(N)=O)CC3)n(Cc3nc(C)ccc3O)c2c1. The van der Waals surface area contributed by atoms with Gasteiger partial charge in [0.2, 0.25) is 11.9 Å². The van der Waals surface area contributed by atoms with E-state index in [1.807, 2.05) is 6.92 Å². The maximum absolute atomic E-state index is 11.2. The minimum Gasteiger partial charge on any atom is -0.506 e. The number of benzene rings is 1. The Morgan fingerprint density at radius 2 is 1.94 bits per heavy atom. The van der Waals surface area contributed by atoms with Crippen LogP contribution in [0.15, 0.2) is 24.3 Å². The van der Waals surface area contributed by atoms with E-state index in [0.29, 0.717) is 18.8 Å². The van der Waals surface area contributed by atoms with Gasteiger partial charge in [0, 0.05) is 24.8 Å². The summed E-state index contributed by atoms with van der Waals surface area (Å²) < 4.78 is 2.10. The zero-order valence-corrected chi connectivity index (χ0v) is 18.4. The molecule has 0 unspecified atom stereocenters. The van der Waals surface area contributed by atoms with Crippen molar-refractivity contribution in [3.8, 4) is 5.75 Å². The number of primary amides is 1. The number of piperidine rings is 1. The van der Waals surface area contributed by atoms with Crippen molar-refractivity contribution in [3.63, 3.8) is 0 Å². The van der Waals surface area contributed by atoms with Crippen LogP contribution < -0.4 is 11.1 Å². The summed E-state index contributed by atoms with van der Waals surface area (Å²) in [7, 11) is 0. The Labute approximate surface area is 182 Å². The number of carbonyl (C=O) groups is 1. The monoisotopic (exact) mass is 422 g/mol. The molecule has 1 amide bonds. The van der Waals surface area contributed by atoms with Crippen molar-refractivity contribution in [2.24, 2.45) is 5.73 Å². The molecule has 0 bridgehead atoms. The molecule has 0 aliphatic carbocycles. The number of pyridine rings is 1. The highest BCUT2D eigenvalue weighted by Crippen LogP contribution is 2.28. The molecule has 1 fully saturated rings. The van der Waals surface area contributed by atoms with Gasteiger partial charge in [0.25, 0.3) is 0 Å². The minimum atomic E-state index is -0.287. The second-order valence-corrected chi connectivity index (χ2v) is 8.55. The predicted octanol–water partition coefficient (Wildman–Crippen LogP) is 2.47. The molecule has 1 aliphatic heterocycles. The quantitative estimate of drug-likeness (QED) is 0.563. The fourth-order valence-electron chi connectivity index (χ4n) is 4.35. The number of aryl methyl sites for hydroxylation is 3. The molecule has 0 radical (unpaired) electrons. The number of hydrogen-bond acceptors (Lipinski definition) is 6. The molecule has 8 nitrogen and oxygen atoms in total. The van der Waals surface area contributed by atoms with E-state index in [0.717, 1.165) is 54.2 Å². The van der Waals surface area contributed by atoms with Crippen LogP contribution in [0.1, 0.15) is 35.4 Å². The first kappa shape index (κ1) is 21.1. The number of fused-ring (bicyclic) bond motifs is 1. The third-order valence-electron chi connectivity index (χ3n) is 5.89. The van der Waals surface area contributed by atoms with Crippen LogP contribution in [0.2, 0.25) is 0 Å². The fourth-order valence-corrected chi connectivity index (χ4v) is 4.35. The van der Waals surface area contributed by atoms with Gasteiger partial charge in [0.05, 0.1) is 24.1 Å². The van der Waals surface area contributed by atoms with Gasteiger partial charge in [0.1, 0.15) is 11.4 Å². The summed E-state index contributed by atoms with van der Waals surface area (Å²) in [5.41, 5.74) is 11.1. The number of aromatic hydroxyl groups is 1. The minimum absolute atomic E-state index is 0.183. The molecule has 4 rings (SSSR count). The van der Waals surface area contributed by atoms with Crippen molar-refractivity contribution in [1.82, 2.24) is 19.4 Å². The molecule has 3 heterocycles. The van der Waals surface area contributed by atoms with Gasteiger partial charge in [-0.2, -0.15) is 0 Å². The Bertz CT molecular complexity index is 1110. The van der Waals surface area contributed by atoms with Crippen LogP contribution in [-0.2, 0) is 11.3 Å². The number of hydrogen-bond donors (Lipinski definition) is 3. The van der Waals surface area contributed by atoms with Crippen LogP contribution in [-0.4, -0.2) is 56.1 Å². The number of nitrogens with zero attached hydrogens (tertiary/aromatic N) is 4. The summed E-state index contributed by atoms with van der Waals surface area (Å²) in [5.74, 6) is 0.673. The zero-order valence-electron chi connectivity index (χ0n) is 18.4. The van der Waals surface area contributed by atoms with E-state index in [9.17, 15) is 9.90 Å². The number of rotatable bonds is 6. The number of anilines is 1. The van der Waals surface area contributed by atoms with Crippen LogP contribution >= 0.6 is 0 Å². The number of nitrogens with two attached hydrogens (primary N) is 1. The van der Waals surface area contributed by atoms with Crippen LogP contribution in [0.3, 0.4) is 0 Å². The van der Waals surface area contributed by atoms with E-state index < -0.39 is 0 Å². The Morgan fingerprint density at radius 3 is 2.65 bits per heavy atom. The normalized spacial score (nSPS) is 15.5. The average Bonchev–Trinajstić information content (AvgIpc) is 3.03. The van der Waals surface area contributed by atoms with E-state index in [-0.39, 0.29) is 17.7 Å². The molecule has 1 aliphatic rings. The molecule has 164 valence electrons. The fraction of sp³-hybridized carbons (Fsp3) is 0.435. The molecule has 0 atom stereocenters. The van der Waals surface area contributed by atoms with E-state index in [4.69, 9.17) is 10.7 Å². The molecule has 4 N–H and O–H groups in total. The lowest BCUT2D eigenvalue weighted by atomic mass is 10.1. The first-order valence-electron chi connectivity index (χ1n) is 10.7. The molecule has 8 heteroatoms. The lowest BCUT2D eigenvalue weighted by Crippen LogP contribution is -2.43. The molecular formula is C23H30N6O2. The lowest BCUT2D eigenvalue weighted by Gasteiger charge is -2.31. The Kier molecular flexibility index (Phi) is 5.82. The highest BCUT2D eigenvalue weighted by molar-refractivity contribution is 5.83. The maximum atomic E-state index is 11.2. The first-order valence-corrected chi connectivity index (χ1v) is 10.7. The number of nitrogens with one attached hydrogen (secondary N) is 1. The Balaban J connectivity index is 1.65. The van der Waals surface area contributed by atoms with Crippen molar-refractivity contribution in [2.75, 3.05) is 25.0 Å². The van der Waals surface area contributed by atoms with E-state index >= 15 is 0 Å².